The summed E-state index contributed by atoms with van der Waals surface area (Å²) in [7, 11) is 0. The second-order valence-electron chi connectivity index (χ2n) is 5.73. The fourth-order valence-corrected chi connectivity index (χ4v) is 2.91. The zero-order valence-electron chi connectivity index (χ0n) is 12.5. The van der Waals surface area contributed by atoms with Gasteiger partial charge in [-0.1, -0.05) is 18.2 Å². The molecule has 2 aliphatic heterocycles. The second-order valence-corrected chi connectivity index (χ2v) is 5.73. The van der Waals surface area contributed by atoms with E-state index in [1.54, 1.807) is 4.90 Å². The molecule has 2 heterocycles. The number of amides is 3. The Hall–Kier alpha value is -2.08. The van der Waals surface area contributed by atoms with Gasteiger partial charge in [0.05, 0.1) is 12.1 Å². The van der Waals surface area contributed by atoms with Gasteiger partial charge < -0.3 is 20.3 Å². The molecule has 2 atom stereocenters. The summed E-state index contributed by atoms with van der Waals surface area (Å²) in [6.45, 7) is 1.81. The van der Waals surface area contributed by atoms with E-state index >= 15 is 0 Å². The summed E-state index contributed by atoms with van der Waals surface area (Å²) < 4.78 is 5.46. The van der Waals surface area contributed by atoms with E-state index in [-0.39, 0.29) is 24.1 Å². The van der Waals surface area contributed by atoms with Crippen LogP contribution in [0.4, 0.5) is 10.5 Å². The first-order chi connectivity index (χ1) is 10.7. The lowest BCUT2D eigenvalue weighted by molar-refractivity contribution is -0.117. The van der Waals surface area contributed by atoms with E-state index in [1.165, 1.54) is 0 Å². The van der Waals surface area contributed by atoms with Crippen molar-refractivity contribution in [3.63, 3.8) is 0 Å². The van der Waals surface area contributed by atoms with Crippen molar-refractivity contribution in [2.45, 2.75) is 31.4 Å². The number of urea groups is 1. The van der Waals surface area contributed by atoms with Crippen LogP contribution in [0.2, 0.25) is 0 Å². The molecule has 0 radical (unpaired) electrons. The fourth-order valence-electron chi connectivity index (χ4n) is 2.91. The molecular formula is C16H21N3O3. The summed E-state index contributed by atoms with van der Waals surface area (Å²) in [6.07, 6.45) is 2.50. The highest BCUT2D eigenvalue weighted by Gasteiger charge is 2.31. The maximum absolute atomic E-state index is 12.1. The molecule has 0 bridgehead atoms. The molecule has 3 amide bonds. The van der Waals surface area contributed by atoms with Crippen molar-refractivity contribution < 1.29 is 14.3 Å². The quantitative estimate of drug-likeness (QED) is 0.880. The molecule has 0 spiro atoms. The molecule has 2 saturated heterocycles. The van der Waals surface area contributed by atoms with E-state index in [0.29, 0.717) is 19.5 Å². The third kappa shape index (κ3) is 3.57. The van der Waals surface area contributed by atoms with Gasteiger partial charge in [-0.05, 0) is 25.0 Å². The summed E-state index contributed by atoms with van der Waals surface area (Å²) in [4.78, 5) is 25.7. The van der Waals surface area contributed by atoms with Gasteiger partial charge in [-0.25, -0.2) is 4.79 Å². The Morgan fingerprint density at radius 1 is 1.32 bits per heavy atom. The molecule has 0 aliphatic carbocycles. The van der Waals surface area contributed by atoms with Gasteiger partial charge in [0.1, 0.15) is 0 Å². The number of para-hydroxylation sites is 1. The average Bonchev–Trinajstić information content (AvgIpc) is 3.16. The first kappa shape index (κ1) is 14.8. The minimum absolute atomic E-state index is 0.0376. The highest BCUT2D eigenvalue weighted by Crippen LogP contribution is 2.20. The molecule has 2 fully saturated rings. The number of carbonyl (C=O) groups is 2. The Morgan fingerprint density at radius 3 is 2.86 bits per heavy atom. The summed E-state index contributed by atoms with van der Waals surface area (Å²) in [6, 6.07) is 9.13. The van der Waals surface area contributed by atoms with Gasteiger partial charge in [-0.2, -0.15) is 0 Å². The van der Waals surface area contributed by atoms with Crippen LogP contribution in [0.3, 0.4) is 0 Å². The minimum atomic E-state index is -0.233. The third-order valence-electron chi connectivity index (χ3n) is 4.04. The van der Waals surface area contributed by atoms with Crippen LogP contribution in [0, 0.1) is 0 Å². The molecule has 2 aliphatic rings. The fraction of sp³-hybridized carbons (Fsp3) is 0.500. The van der Waals surface area contributed by atoms with Gasteiger partial charge in [0.15, 0.2) is 0 Å². The second kappa shape index (κ2) is 6.79. The maximum atomic E-state index is 12.1. The molecular weight excluding hydrogens is 282 g/mol. The lowest BCUT2D eigenvalue weighted by Gasteiger charge is -2.18. The highest BCUT2D eigenvalue weighted by atomic mass is 16.5. The Kier molecular flexibility index (Phi) is 4.58. The van der Waals surface area contributed by atoms with Crippen molar-refractivity contribution in [2.24, 2.45) is 0 Å². The van der Waals surface area contributed by atoms with Crippen LogP contribution in [-0.4, -0.2) is 43.8 Å². The molecule has 3 rings (SSSR count). The standard InChI is InChI=1S/C16H21N3O3/c20-15-9-12(11-19(15)13-5-2-1-3-6-13)18-16(21)17-10-14-7-4-8-22-14/h1-3,5-6,12,14H,4,7-11H2,(H2,17,18,21). The van der Waals surface area contributed by atoms with E-state index in [4.69, 9.17) is 4.74 Å². The van der Waals surface area contributed by atoms with Crippen LogP contribution in [0.15, 0.2) is 30.3 Å². The summed E-state index contributed by atoms with van der Waals surface area (Å²) in [5, 5.41) is 5.68. The van der Waals surface area contributed by atoms with Crippen LogP contribution in [0.5, 0.6) is 0 Å². The maximum Gasteiger partial charge on any atom is 0.315 e. The first-order valence-corrected chi connectivity index (χ1v) is 7.74. The number of rotatable bonds is 4. The number of hydrogen-bond acceptors (Lipinski definition) is 3. The van der Waals surface area contributed by atoms with Gasteiger partial charge in [-0.15, -0.1) is 0 Å². The van der Waals surface area contributed by atoms with E-state index in [2.05, 4.69) is 10.6 Å². The van der Waals surface area contributed by atoms with Gasteiger partial charge >= 0.3 is 6.03 Å². The SMILES string of the molecule is O=C(NCC1CCCO1)NC1CC(=O)N(c2ccccc2)C1. The number of nitrogens with one attached hydrogen (secondary N) is 2. The first-order valence-electron chi connectivity index (χ1n) is 7.74. The monoisotopic (exact) mass is 303 g/mol. The third-order valence-corrected chi connectivity index (χ3v) is 4.04. The Morgan fingerprint density at radius 2 is 2.14 bits per heavy atom. The molecule has 22 heavy (non-hydrogen) atoms. The number of carbonyl (C=O) groups excluding carboxylic acids is 2. The van der Waals surface area contributed by atoms with Gasteiger partial charge in [-0.3, -0.25) is 4.79 Å². The summed E-state index contributed by atoms with van der Waals surface area (Å²) >= 11 is 0. The van der Waals surface area contributed by atoms with Crippen LogP contribution in [0.25, 0.3) is 0 Å². The Bertz CT molecular complexity index is 529. The highest BCUT2D eigenvalue weighted by molar-refractivity contribution is 5.96. The van der Waals surface area contributed by atoms with Gasteiger partial charge in [0.25, 0.3) is 0 Å². The van der Waals surface area contributed by atoms with Crippen molar-refractivity contribution in [1.82, 2.24) is 10.6 Å². The van der Waals surface area contributed by atoms with E-state index in [9.17, 15) is 9.59 Å². The number of anilines is 1. The molecule has 1 aromatic carbocycles. The smallest absolute Gasteiger partial charge is 0.315 e. The molecule has 0 saturated carbocycles. The van der Waals surface area contributed by atoms with E-state index in [1.807, 2.05) is 30.3 Å². The lowest BCUT2D eigenvalue weighted by atomic mass is 10.2. The predicted molar refractivity (Wildman–Crippen MR) is 82.7 cm³/mol. The molecule has 1 aromatic rings. The number of nitrogens with zero attached hydrogens (tertiary/aromatic N) is 1. The molecule has 6 heteroatoms. The van der Waals surface area contributed by atoms with Crippen molar-refractivity contribution in [3.05, 3.63) is 30.3 Å². The van der Waals surface area contributed by atoms with Crippen molar-refractivity contribution >= 4 is 17.6 Å². The van der Waals surface area contributed by atoms with E-state index < -0.39 is 0 Å². The number of ether oxygens (including phenoxy) is 1. The molecule has 6 nitrogen and oxygen atoms in total. The van der Waals surface area contributed by atoms with Crippen molar-refractivity contribution in [1.29, 1.82) is 0 Å². The largest absolute Gasteiger partial charge is 0.376 e. The van der Waals surface area contributed by atoms with Crippen LogP contribution >= 0.6 is 0 Å². The molecule has 2 N–H and O–H groups in total. The van der Waals surface area contributed by atoms with Crippen molar-refractivity contribution in [2.75, 3.05) is 24.6 Å². The van der Waals surface area contributed by atoms with Gasteiger partial charge in [0.2, 0.25) is 5.91 Å². The topological polar surface area (TPSA) is 70.7 Å². The summed E-state index contributed by atoms with van der Waals surface area (Å²) in [5.74, 6) is 0.0376. The normalized spacial score (nSPS) is 24.5. The number of hydrogen-bond donors (Lipinski definition) is 2. The zero-order chi connectivity index (χ0) is 15.4. The predicted octanol–water partition coefficient (Wildman–Crippen LogP) is 1.27. The minimum Gasteiger partial charge on any atom is -0.376 e. The Labute approximate surface area is 129 Å². The Balaban J connectivity index is 1.47. The van der Waals surface area contributed by atoms with E-state index in [0.717, 1.165) is 25.1 Å². The van der Waals surface area contributed by atoms with Crippen LogP contribution in [-0.2, 0) is 9.53 Å². The summed E-state index contributed by atoms with van der Waals surface area (Å²) in [5.41, 5.74) is 0.872. The zero-order valence-corrected chi connectivity index (χ0v) is 12.5. The van der Waals surface area contributed by atoms with Crippen LogP contribution < -0.4 is 15.5 Å². The molecule has 2 unspecified atom stereocenters. The molecule has 118 valence electrons. The average molecular weight is 303 g/mol. The number of benzene rings is 1. The van der Waals surface area contributed by atoms with Crippen molar-refractivity contribution in [3.8, 4) is 0 Å². The van der Waals surface area contributed by atoms with Gasteiger partial charge in [0, 0.05) is 31.8 Å². The lowest BCUT2D eigenvalue weighted by Crippen LogP contribution is -2.45. The molecule has 0 aromatic heterocycles. The van der Waals surface area contributed by atoms with Crippen LogP contribution in [0.1, 0.15) is 19.3 Å².